The van der Waals surface area contributed by atoms with Crippen molar-refractivity contribution < 1.29 is 19.5 Å². The van der Waals surface area contributed by atoms with Crippen LogP contribution in [0.25, 0.3) is 0 Å². The standard InChI is InChI=1S/C15H19NO4/c1-2-20-15(17)14(16-18)13-5-3-11(4-6-13)12-7-9-19-10-8-12/h3-6,12,18H,2,7-10H2,1H3/b16-14+. The van der Waals surface area contributed by atoms with Crippen LogP contribution in [0.15, 0.2) is 29.4 Å². The van der Waals surface area contributed by atoms with Crippen molar-refractivity contribution in [3.05, 3.63) is 35.4 Å². The normalized spacial score (nSPS) is 16.9. The number of oxime groups is 1. The molecular formula is C15H19NO4. The fourth-order valence-electron chi connectivity index (χ4n) is 2.36. The van der Waals surface area contributed by atoms with Gasteiger partial charge >= 0.3 is 5.97 Å². The molecule has 1 fully saturated rings. The highest BCUT2D eigenvalue weighted by atomic mass is 16.5. The van der Waals surface area contributed by atoms with Gasteiger partial charge in [-0.3, -0.25) is 0 Å². The summed E-state index contributed by atoms with van der Waals surface area (Å²) >= 11 is 0. The summed E-state index contributed by atoms with van der Waals surface area (Å²) in [6.45, 7) is 3.54. The monoisotopic (exact) mass is 277 g/mol. The van der Waals surface area contributed by atoms with Crippen molar-refractivity contribution in [1.82, 2.24) is 0 Å². The first-order valence-electron chi connectivity index (χ1n) is 6.83. The molecule has 1 aliphatic heterocycles. The number of esters is 1. The fourth-order valence-corrected chi connectivity index (χ4v) is 2.36. The first-order valence-corrected chi connectivity index (χ1v) is 6.83. The van der Waals surface area contributed by atoms with E-state index in [0.717, 1.165) is 26.1 Å². The van der Waals surface area contributed by atoms with E-state index in [4.69, 9.17) is 14.7 Å². The third-order valence-electron chi connectivity index (χ3n) is 3.45. The van der Waals surface area contributed by atoms with Gasteiger partial charge in [-0.25, -0.2) is 4.79 Å². The molecule has 2 rings (SSSR count). The first-order chi connectivity index (χ1) is 9.76. The Hall–Kier alpha value is -1.88. The number of nitrogens with zero attached hydrogens (tertiary/aromatic N) is 1. The van der Waals surface area contributed by atoms with Gasteiger partial charge in [-0.15, -0.1) is 0 Å². The van der Waals surface area contributed by atoms with E-state index in [1.165, 1.54) is 5.56 Å². The van der Waals surface area contributed by atoms with Gasteiger partial charge in [-0.1, -0.05) is 29.4 Å². The van der Waals surface area contributed by atoms with E-state index < -0.39 is 5.97 Å². The molecule has 0 amide bonds. The van der Waals surface area contributed by atoms with E-state index >= 15 is 0 Å². The van der Waals surface area contributed by atoms with Crippen LogP contribution in [0.2, 0.25) is 0 Å². The predicted molar refractivity (Wildman–Crippen MR) is 74.2 cm³/mol. The van der Waals surface area contributed by atoms with Gasteiger partial charge in [0.1, 0.15) is 0 Å². The summed E-state index contributed by atoms with van der Waals surface area (Å²) < 4.78 is 10.2. The Labute approximate surface area is 118 Å². The zero-order chi connectivity index (χ0) is 14.4. The van der Waals surface area contributed by atoms with Crippen molar-refractivity contribution in [3.63, 3.8) is 0 Å². The van der Waals surface area contributed by atoms with Crippen molar-refractivity contribution in [2.45, 2.75) is 25.7 Å². The van der Waals surface area contributed by atoms with Gasteiger partial charge in [-0.05, 0) is 31.2 Å². The molecule has 1 aromatic carbocycles. The molecule has 0 bridgehead atoms. The van der Waals surface area contributed by atoms with Crippen molar-refractivity contribution in [1.29, 1.82) is 0 Å². The van der Waals surface area contributed by atoms with Gasteiger partial charge in [0.15, 0.2) is 5.71 Å². The van der Waals surface area contributed by atoms with Gasteiger partial charge in [0.05, 0.1) is 6.61 Å². The molecular weight excluding hydrogens is 258 g/mol. The Morgan fingerprint density at radius 1 is 1.35 bits per heavy atom. The molecule has 0 aromatic heterocycles. The molecule has 0 radical (unpaired) electrons. The van der Waals surface area contributed by atoms with Gasteiger partial charge in [0, 0.05) is 18.8 Å². The van der Waals surface area contributed by atoms with Crippen LogP contribution in [0.1, 0.15) is 36.8 Å². The van der Waals surface area contributed by atoms with Crippen LogP contribution < -0.4 is 0 Å². The van der Waals surface area contributed by atoms with Crippen molar-refractivity contribution >= 4 is 11.7 Å². The number of carbonyl (C=O) groups excluding carboxylic acids is 1. The summed E-state index contributed by atoms with van der Waals surface area (Å²) in [4.78, 5) is 11.6. The molecule has 0 atom stereocenters. The maximum Gasteiger partial charge on any atom is 0.361 e. The van der Waals surface area contributed by atoms with Crippen molar-refractivity contribution in [3.8, 4) is 0 Å². The lowest BCUT2D eigenvalue weighted by atomic mass is 9.91. The number of hydrogen-bond donors (Lipinski definition) is 1. The smallest absolute Gasteiger partial charge is 0.361 e. The van der Waals surface area contributed by atoms with E-state index in [1.807, 2.05) is 12.1 Å². The molecule has 1 heterocycles. The maximum atomic E-state index is 11.6. The minimum absolute atomic E-state index is 0.0645. The largest absolute Gasteiger partial charge is 0.461 e. The zero-order valence-electron chi connectivity index (χ0n) is 11.5. The highest BCUT2D eigenvalue weighted by Crippen LogP contribution is 2.27. The highest BCUT2D eigenvalue weighted by molar-refractivity contribution is 6.43. The number of hydrogen-bond acceptors (Lipinski definition) is 5. The van der Waals surface area contributed by atoms with E-state index in [0.29, 0.717) is 11.5 Å². The third kappa shape index (κ3) is 3.36. The molecule has 0 unspecified atom stereocenters. The molecule has 1 aliphatic rings. The summed E-state index contributed by atoms with van der Waals surface area (Å²) in [7, 11) is 0. The van der Waals surface area contributed by atoms with E-state index in [-0.39, 0.29) is 12.3 Å². The molecule has 5 nitrogen and oxygen atoms in total. The molecule has 1 aromatic rings. The molecule has 0 saturated carbocycles. The Balaban J connectivity index is 2.12. The number of rotatable bonds is 4. The number of ether oxygens (including phenoxy) is 2. The lowest BCUT2D eigenvalue weighted by molar-refractivity contribution is -0.135. The van der Waals surface area contributed by atoms with Gasteiger partial charge in [-0.2, -0.15) is 0 Å². The third-order valence-corrected chi connectivity index (χ3v) is 3.45. The second-order valence-corrected chi connectivity index (χ2v) is 4.68. The number of carbonyl (C=O) groups is 1. The van der Waals surface area contributed by atoms with Crippen LogP contribution in [0.5, 0.6) is 0 Å². The SMILES string of the molecule is CCOC(=O)/C(=N/O)c1ccc(C2CCOCC2)cc1. The average molecular weight is 277 g/mol. The van der Waals surface area contributed by atoms with Gasteiger partial charge in [0.2, 0.25) is 0 Å². The van der Waals surface area contributed by atoms with Crippen LogP contribution in [-0.2, 0) is 14.3 Å². The minimum atomic E-state index is -0.617. The lowest BCUT2D eigenvalue weighted by Crippen LogP contribution is -2.19. The number of benzene rings is 1. The molecule has 5 heteroatoms. The Morgan fingerprint density at radius 3 is 2.55 bits per heavy atom. The minimum Gasteiger partial charge on any atom is -0.461 e. The second kappa shape index (κ2) is 7.05. The molecule has 1 saturated heterocycles. The quantitative estimate of drug-likeness (QED) is 0.397. The summed E-state index contributed by atoms with van der Waals surface area (Å²) in [5.74, 6) is -0.122. The lowest BCUT2D eigenvalue weighted by Gasteiger charge is -2.22. The van der Waals surface area contributed by atoms with Crippen LogP contribution in [0.3, 0.4) is 0 Å². The van der Waals surface area contributed by atoms with E-state index in [2.05, 4.69) is 5.16 Å². The molecule has 20 heavy (non-hydrogen) atoms. The Bertz CT molecular complexity index is 475. The van der Waals surface area contributed by atoms with Crippen molar-refractivity contribution in [2.24, 2.45) is 5.16 Å². The van der Waals surface area contributed by atoms with Crippen LogP contribution in [0, 0.1) is 0 Å². The second-order valence-electron chi connectivity index (χ2n) is 4.68. The Morgan fingerprint density at radius 2 is 2.00 bits per heavy atom. The summed E-state index contributed by atoms with van der Waals surface area (Å²) in [5.41, 5.74) is 1.71. The summed E-state index contributed by atoms with van der Waals surface area (Å²) in [6.07, 6.45) is 2.02. The zero-order valence-corrected chi connectivity index (χ0v) is 11.5. The molecule has 0 spiro atoms. The van der Waals surface area contributed by atoms with E-state index in [9.17, 15) is 4.79 Å². The topological polar surface area (TPSA) is 68.1 Å². The van der Waals surface area contributed by atoms with Crippen LogP contribution >= 0.6 is 0 Å². The summed E-state index contributed by atoms with van der Waals surface area (Å²) in [6, 6.07) is 7.51. The maximum absolute atomic E-state index is 11.6. The molecule has 108 valence electrons. The summed E-state index contributed by atoms with van der Waals surface area (Å²) in [5, 5.41) is 12.0. The predicted octanol–water partition coefficient (Wildman–Crippen LogP) is 2.32. The van der Waals surface area contributed by atoms with Crippen LogP contribution in [-0.4, -0.2) is 36.7 Å². The first kappa shape index (κ1) is 14.5. The van der Waals surface area contributed by atoms with Crippen LogP contribution in [0.4, 0.5) is 0 Å². The molecule has 0 aliphatic carbocycles. The van der Waals surface area contributed by atoms with Gasteiger partial charge < -0.3 is 14.7 Å². The fraction of sp³-hybridized carbons (Fsp3) is 0.467. The van der Waals surface area contributed by atoms with E-state index in [1.54, 1.807) is 19.1 Å². The highest BCUT2D eigenvalue weighted by Gasteiger charge is 2.18. The average Bonchev–Trinajstić information content (AvgIpc) is 2.50. The Kier molecular flexibility index (Phi) is 5.12. The van der Waals surface area contributed by atoms with Gasteiger partial charge in [0.25, 0.3) is 0 Å². The molecule has 1 N–H and O–H groups in total. The van der Waals surface area contributed by atoms with Crippen molar-refractivity contribution in [2.75, 3.05) is 19.8 Å².